The van der Waals surface area contributed by atoms with Gasteiger partial charge in [-0.05, 0) is 86.6 Å². The van der Waals surface area contributed by atoms with Crippen molar-refractivity contribution in [2.45, 2.75) is 51.1 Å². The Morgan fingerprint density at radius 2 is 1.58 bits per heavy atom. The third-order valence-corrected chi connectivity index (χ3v) is 13.8. The summed E-state index contributed by atoms with van der Waals surface area (Å²) in [4.78, 5) is 75.0. The molecule has 0 radical (unpaired) electrons. The smallest absolute Gasteiger partial charge is 0.262 e. The normalized spacial score (nSPS) is 23.3. The van der Waals surface area contributed by atoms with Crippen molar-refractivity contribution in [3.8, 4) is 6.07 Å². The summed E-state index contributed by atoms with van der Waals surface area (Å²) in [7, 11) is 0. The van der Waals surface area contributed by atoms with Crippen LogP contribution in [0.1, 0.15) is 75.7 Å². The zero-order valence-electron chi connectivity index (χ0n) is 33.3. The standard InChI is InChI=1S/C44H45ClF2N8O5/c1-26-20-44(25-54(26)30-4-2-29(21-48)33(45)17-30)8-10-51(11-9-44)36-5-3-28(16-34(36)46)41(58)52-14-12-50(13-15-52)22-27-23-53(24-27)38-19-32-31(18-35(38)47)42(59)55(43(32)60)37-6-7-39(56)49-40(37)57/h2-5,16-19,26-27,37H,6-15,20,22-25H2,1H3,(H,49,56,57)/t26-,37?/m0/s1. The van der Waals surface area contributed by atoms with E-state index in [0.717, 1.165) is 49.0 Å². The van der Waals surface area contributed by atoms with Gasteiger partial charge in [-0.1, -0.05) is 11.6 Å². The van der Waals surface area contributed by atoms with Gasteiger partial charge in [0, 0.05) is 95.1 Å². The van der Waals surface area contributed by atoms with Gasteiger partial charge in [0.2, 0.25) is 11.8 Å². The molecule has 1 unspecified atom stereocenters. The van der Waals surface area contributed by atoms with Crippen LogP contribution in [0.4, 0.5) is 25.8 Å². The first kappa shape index (κ1) is 39.8. The summed E-state index contributed by atoms with van der Waals surface area (Å²) in [5.74, 6) is -3.62. The van der Waals surface area contributed by atoms with Gasteiger partial charge >= 0.3 is 0 Å². The summed E-state index contributed by atoms with van der Waals surface area (Å²) < 4.78 is 31.0. The molecule has 3 aromatic carbocycles. The van der Waals surface area contributed by atoms with Crippen molar-refractivity contribution in [3.63, 3.8) is 0 Å². The zero-order valence-corrected chi connectivity index (χ0v) is 34.0. The second kappa shape index (κ2) is 15.5. The second-order valence-corrected chi connectivity index (χ2v) is 17.7. The summed E-state index contributed by atoms with van der Waals surface area (Å²) in [5.41, 5.74) is 2.59. The van der Waals surface area contributed by atoms with Gasteiger partial charge in [-0.25, -0.2) is 8.78 Å². The van der Waals surface area contributed by atoms with Gasteiger partial charge < -0.3 is 19.6 Å². The SMILES string of the molecule is C[C@H]1CC2(CCN(c3ccc(C(=O)N4CCN(CC5CN(c6cc7c(cc6F)C(=O)N(C6CCC(=O)NC6=O)C7=O)C5)CC4)cc3F)CC2)CN1c1ccc(C#N)c(Cl)c1. The summed E-state index contributed by atoms with van der Waals surface area (Å²) >= 11 is 6.35. The molecule has 16 heteroatoms. The molecule has 9 rings (SSSR count). The largest absolute Gasteiger partial charge is 0.369 e. The number of amides is 5. The van der Waals surface area contributed by atoms with Crippen LogP contribution in [0.5, 0.6) is 0 Å². The Bertz CT molecular complexity index is 2350. The van der Waals surface area contributed by atoms with Crippen LogP contribution in [0.25, 0.3) is 0 Å². The van der Waals surface area contributed by atoms with Crippen LogP contribution in [0.15, 0.2) is 48.5 Å². The highest BCUT2D eigenvalue weighted by Crippen LogP contribution is 2.46. The molecule has 0 bridgehead atoms. The molecule has 6 aliphatic heterocycles. The highest BCUT2D eigenvalue weighted by Gasteiger charge is 2.47. The molecule has 5 saturated heterocycles. The highest BCUT2D eigenvalue weighted by molar-refractivity contribution is 6.32. The number of piperazine rings is 1. The van der Waals surface area contributed by atoms with Gasteiger partial charge in [-0.2, -0.15) is 5.26 Å². The van der Waals surface area contributed by atoms with Gasteiger partial charge in [-0.15, -0.1) is 0 Å². The Kier molecular flexibility index (Phi) is 10.3. The summed E-state index contributed by atoms with van der Waals surface area (Å²) in [6.07, 6.45) is 2.89. The monoisotopic (exact) mass is 838 g/mol. The lowest BCUT2D eigenvalue weighted by Gasteiger charge is -2.45. The molecular formula is C44H45ClF2N8O5. The number of nitrogens with zero attached hydrogens (tertiary/aromatic N) is 7. The maximum atomic E-state index is 15.7. The van der Waals surface area contributed by atoms with Crippen LogP contribution in [-0.4, -0.2) is 122 Å². The Morgan fingerprint density at radius 1 is 0.883 bits per heavy atom. The molecule has 0 aromatic heterocycles. The Morgan fingerprint density at radius 3 is 2.25 bits per heavy atom. The number of carbonyl (C=O) groups is 5. The molecule has 1 N–H and O–H groups in total. The molecule has 6 heterocycles. The molecule has 312 valence electrons. The fraction of sp³-hybridized carbons (Fsp3) is 0.455. The van der Waals surface area contributed by atoms with E-state index in [1.807, 2.05) is 17.0 Å². The Hall–Kier alpha value is -5.59. The number of halogens is 3. The van der Waals surface area contributed by atoms with E-state index in [9.17, 15) is 29.2 Å². The van der Waals surface area contributed by atoms with Crippen LogP contribution < -0.4 is 20.0 Å². The van der Waals surface area contributed by atoms with Crippen LogP contribution in [0.3, 0.4) is 0 Å². The third-order valence-electron chi connectivity index (χ3n) is 13.5. The number of hydrogen-bond donors (Lipinski definition) is 1. The van der Waals surface area contributed by atoms with Gasteiger partial charge in [0.05, 0.1) is 33.1 Å². The van der Waals surface area contributed by atoms with E-state index < -0.39 is 41.3 Å². The number of hydrogen-bond acceptors (Lipinski definition) is 10. The summed E-state index contributed by atoms with van der Waals surface area (Å²) in [6, 6.07) is 14.2. The van der Waals surface area contributed by atoms with Crippen LogP contribution in [0.2, 0.25) is 5.02 Å². The number of carbonyl (C=O) groups excluding carboxylic acids is 5. The van der Waals surface area contributed by atoms with Gasteiger partial charge in [-0.3, -0.25) is 39.1 Å². The molecule has 1 spiro atoms. The van der Waals surface area contributed by atoms with E-state index in [1.54, 1.807) is 23.1 Å². The fourth-order valence-corrected chi connectivity index (χ4v) is 10.4. The van der Waals surface area contributed by atoms with Gasteiger partial charge in [0.15, 0.2) is 0 Å². The van der Waals surface area contributed by atoms with Crippen molar-refractivity contribution in [2.75, 3.05) is 80.1 Å². The van der Waals surface area contributed by atoms with Crippen molar-refractivity contribution in [1.82, 2.24) is 20.0 Å². The molecule has 0 aliphatic carbocycles. The summed E-state index contributed by atoms with van der Waals surface area (Å²) in [6.45, 7) is 8.64. The first-order chi connectivity index (χ1) is 28.8. The van der Waals surface area contributed by atoms with E-state index in [2.05, 4.69) is 33.0 Å². The van der Waals surface area contributed by atoms with Crippen LogP contribution >= 0.6 is 11.6 Å². The van der Waals surface area contributed by atoms with E-state index in [1.165, 1.54) is 12.1 Å². The lowest BCUT2D eigenvalue weighted by atomic mass is 9.76. The van der Waals surface area contributed by atoms with Gasteiger partial charge in [0.25, 0.3) is 17.7 Å². The molecule has 60 heavy (non-hydrogen) atoms. The molecule has 0 saturated carbocycles. The molecule has 2 atom stereocenters. The van der Waals surface area contributed by atoms with Crippen molar-refractivity contribution >= 4 is 58.2 Å². The first-order valence-electron chi connectivity index (χ1n) is 20.6. The molecule has 3 aromatic rings. The van der Waals surface area contributed by atoms with E-state index >= 15 is 8.78 Å². The average molecular weight is 839 g/mol. The minimum absolute atomic E-state index is 0.000246. The number of nitrogens with one attached hydrogen (secondary N) is 1. The van der Waals surface area contributed by atoms with Crippen LogP contribution in [-0.2, 0) is 9.59 Å². The minimum atomic E-state index is -1.12. The van der Waals surface area contributed by atoms with E-state index in [4.69, 9.17) is 11.6 Å². The van der Waals surface area contributed by atoms with E-state index in [-0.39, 0.29) is 46.9 Å². The topological polar surface area (TPSA) is 141 Å². The predicted molar refractivity (Wildman–Crippen MR) is 219 cm³/mol. The van der Waals surface area contributed by atoms with Crippen molar-refractivity contribution in [2.24, 2.45) is 11.3 Å². The lowest BCUT2D eigenvalue weighted by Crippen LogP contribution is -2.55. The second-order valence-electron chi connectivity index (χ2n) is 17.3. The van der Waals surface area contributed by atoms with Crippen molar-refractivity contribution < 1.29 is 32.8 Å². The summed E-state index contributed by atoms with van der Waals surface area (Å²) in [5, 5.41) is 11.9. The zero-order chi connectivity index (χ0) is 42.0. The maximum absolute atomic E-state index is 15.7. The van der Waals surface area contributed by atoms with E-state index in [0.29, 0.717) is 80.2 Å². The number of anilines is 3. The van der Waals surface area contributed by atoms with Crippen LogP contribution in [0, 0.1) is 34.3 Å². The molecule has 6 aliphatic rings. The predicted octanol–water partition coefficient (Wildman–Crippen LogP) is 4.67. The average Bonchev–Trinajstić information content (AvgIpc) is 3.66. The number of nitriles is 1. The first-order valence-corrected chi connectivity index (χ1v) is 21.0. The van der Waals surface area contributed by atoms with Gasteiger partial charge in [0.1, 0.15) is 23.7 Å². The number of benzene rings is 3. The quantitative estimate of drug-likeness (QED) is 0.334. The maximum Gasteiger partial charge on any atom is 0.262 e. The lowest BCUT2D eigenvalue weighted by molar-refractivity contribution is -0.136. The van der Waals surface area contributed by atoms with Crippen molar-refractivity contribution in [1.29, 1.82) is 5.26 Å². The fourth-order valence-electron chi connectivity index (χ4n) is 10.2. The Balaban J connectivity index is 0.743. The number of rotatable bonds is 7. The number of piperidine rings is 2. The molecular weight excluding hydrogens is 794 g/mol. The number of imide groups is 2. The van der Waals surface area contributed by atoms with Crippen molar-refractivity contribution in [3.05, 3.63) is 87.4 Å². The molecule has 13 nitrogen and oxygen atoms in total. The minimum Gasteiger partial charge on any atom is -0.369 e. The third kappa shape index (κ3) is 7.13. The number of fused-ring (bicyclic) bond motifs is 1. The molecule has 5 amide bonds. The molecule has 5 fully saturated rings. The highest BCUT2D eigenvalue weighted by atomic mass is 35.5. The Labute approximate surface area is 351 Å².